The van der Waals surface area contributed by atoms with Crippen LogP contribution in [-0.2, 0) is 5.75 Å². The quantitative estimate of drug-likeness (QED) is 0.304. The molecule has 0 atom stereocenters. The van der Waals surface area contributed by atoms with Crippen molar-refractivity contribution in [2.75, 3.05) is 19.3 Å². The van der Waals surface area contributed by atoms with Crippen LogP contribution >= 0.6 is 11.8 Å². The van der Waals surface area contributed by atoms with Crippen molar-refractivity contribution in [2.24, 2.45) is 0 Å². The van der Waals surface area contributed by atoms with Gasteiger partial charge in [0.05, 0.1) is 10.7 Å². The van der Waals surface area contributed by atoms with Crippen LogP contribution in [0.2, 0.25) is 0 Å². The van der Waals surface area contributed by atoms with E-state index in [0.717, 1.165) is 17.7 Å². The molecule has 19 heavy (non-hydrogen) atoms. The largest absolute Gasteiger partial charge is 0.457 e. The van der Waals surface area contributed by atoms with E-state index in [1.54, 1.807) is 30.9 Å². The van der Waals surface area contributed by atoms with Gasteiger partial charge in [-0.05, 0) is 12.1 Å². The Kier molecular flexibility index (Phi) is 6.51. The average molecular weight is 285 g/mol. The van der Waals surface area contributed by atoms with Gasteiger partial charge in [0.2, 0.25) is 0 Å². The number of thioether (sulfide) groups is 1. The van der Waals surface area contributed by atoms with Gasteiger partial charge in [-0.3, -0.25) is 14.9 Å². The lowest BCUT2D eigenvalue weighted by atomic mass is 10.4. The summed E-state index contributed by atoms with van der Waals surface area (Å²) in [6, 6.07) is 3.38. The minimum absolute atomic E-state index is 0.320. The summed E-state index contributed by atoms with van der Waals surface area (Å²) in [5.41, 5.74) is 0. The highest BCUT2D eigenvalue weighted by Gasteiger charge is 2.02. The second-order valence-corrected chi connectivity index (χ2v) is 4.58. The van der Waals surface area contributed by atoms with Crippen molar-refractivity contribution in [1.29, 1.82) is 0 Å². The molecule has 0 amide bonds. The van der Waals surface area contributed by atoms with Gasteiger partial charge in [-0.25, -0.2) is 0 Å². The fourth-order valence-electron chi connectivity index (χ4n) is 1.27. The first-order chi connectivity index (χ1) is 9.15. The predicted molar refractivity (Wildman–Crippen MR) is 72.4 cm³/mol. The summed E-state index contributed by atoms with van der Waals surface area (Å²) in [5.74, 6) is 2.84. The summed E-state index contributed by atoms with van der Waals surface area (Å²) in [7, 11) is 1.61. The Labute approximate surface area is 114 Å². The number of nitro groups is 1. The van der Waals surface area contributed by atoms with Crippen molar-refractivity contribution in [3.05, 3.63) is 45.8 Å². The van der Waals surface area contributed by atoms with E-state index in [2.05, 4.69) is 10.6 Å². The minimum Gasteiger partial charge on any atom is -0.457 e. The Bertz CT molecular complexity index is 459. The third kappa shape index (κ3) is 5.96. The van der Waals surface area contributed by atoms with Crippen LogP contribution in [0, 0.1) is 10.1 Å². The molecule has 0 aliphatic heterocycles. The molecular formula is C11H15N3O4S. The molecule has 0 saturated heterocycles. The molecule has 104 valence electrons. The highest BCUT2D eigenvalue weighted by Crippen LogP contribution is 2.14. The van der Waals surface area contributed by atoms with Gasteiger partial charge < -0.3 is 15.1 Å². The first-order valence-corrected chi connectivity index (χ1v) is 6.69. The molecule has 8 heteroatoms. The highest BCUT2D eigenvalue weighted by atomic mass is 32.2. The number of furan rings is 1. The zero-order valence-electron chi connectivity index (χ0n) is 10.4. The van der Waals surface area contributed by atoms with Crippen molar-refractivity contribution in [2.45, 2.75) is 5.75 Å². The number of hydrogen-bond acceptors (Lipinski definition) is 7. The van der Waals surface area contributed by atoms with E-state index in [1.807, 2.05) is 0 Å². The zero-order chi connectivity index (χ0) is 14.1. The number of carbonyl (C=O) groups excluding carboxylic acids is 1. The van der Waals surface area contributed by atoms with Crippen LogP contribution in [0.25, 0.3) is 0 Å². The van der Waals surface area contributed by atoms with E-state index in [0.29, 0.717) is 30.2 Å². The summed E-state index contributed by atoms with van der Waals surface area (Å²) < 4.78 is 5.21. The van der Waals surface area contributed by atoms with Crippen molar-refractivity contribution in [3.63, 3.8) is 0 Å². The second-order valence-electron chi connectivity index (χ2n) is 3.48. The maximum Gasteiger partial charge on any atom is 0.274 e. The summed E-state index contributed by atoms with van der Waals surface area (Å²) in [4.78, 5) is 20.2. The van der Waals surface area contributed by atoms with Crippen LogP contribution < -0.4 is 10.6 Å². The normalized spacial score (nSPS) is 11.1. The van der Waals surface area contributed by atoms with Gasteiger partial charge in [0.1, 0.15) is 5.76 Å². The Morgan fingerprint density at radius 1 is 1.58 bits per heavy atom. The van der Waals surface area contributed by atoms with Crippen LogP contribution in [0.5, 0.6) is 0 Å². The molecule has 0 bridgehead atoms. The fraction of sp³-hybridized carbons (Fsp3) is 0.364. The number of nitrogens with one attached hydrogen (secondary N) is 2. The Balaban J connectivity index is 2.20. The van der Waals surface area contributed by atoms with Gasteiger partial charge in [0, 0.05) is 19.3 Å². The van der Waals surface area contributed by atoms with Gasteiger partial charge in [0.25, 0.3) is 6.20 Å². The molecule has 0 aliphatic carbocycles. The van der Waals surface area contributed by atoms with Crippen LogP contribution in [0.1, 0.15) is 16.3 Å². The molecule has 0 spiro atoms. The molecule has 0 fully saturated rings. The monoisotopic (exact) mass is 285 g/mol. The molecule has 1 aromatic rings. The van der Waals surface area contributed by atoms with Crippen LogP contribution in [-0.4, -0.2) is 30.6 Å². The van der Waals surface area contributed by atoms with Crippen LogP contribution in [0.4, 0.5) is 0 Å². The van der Waals surface area contributed by atoms with Gasteiger partial charge in [-0.15, -0.1) is 0 Å². The van der Waals surface area contributed by atoms with Gasteiger partial charge in [0.15, 0.2) is 17.9 Å². The van der Waals surface area contributed by atoms with Gasteiger partial charge in [-0.2, -0.15) is 11.8 Å². The molecule has 0 aromatic carbocycles. The summed E-state index contributed by atoms with van der Waals surface area (Å²) in [6.45, 7) is 0.590. The second kappa shape index (κ2) is 8.20. The maximum absolute atomic E-state index is 10.4. The van der Waals surface area contributed by atoms with E-state index in [-0.39, 0.29) is 0 Å². The van der Waals surface area contributed by atoms with Gasteiger partial charge >= 0.3 is 0 Å². The molecule has 0 saturated carbocycles. The lowest BCUT2D eigenvalue weighted by Gasteiger charge is -2.06. The number of rotatable bonds is 9. The van der Waals surface area contributed by atoms with Crippen molar-refractivity contribution >= 4 is 18.0 Å². The number of nitrogens with zero attached hydrogens (tertiary/aromatic N) is 1. The molecule has 0 unspecified atom stereocenters. The van der Waals surface area contributed by atoms with E-state index in [1.165, 1.54) is 0 Å². The zero-order valence-corrected chi connectivity index (χ0v) is 11.2. The summed E-state index contributed by atoms with van der Waals surface area (Å²) in [6.07, 6.45) is 1.55. The first-order valence-electron chi connectivity index (χ1n) is 5.54. The summed E-state index contributed by atoms with van der Waals surface area (Å²) in [5, 5.41) is 15.9. The number of hydrogen-bond donors (Lipinski definition) is 2. The van der Waals surface area contributed by atoms with Crippen molar-refractivity contribution in [3.8, 4) is 0 Å². The summed E-state index contributed by atoms with van der Waals surface area (Å²) >= 11 is 1.60. The van der Waals surface area contributed by atoms with E-state index < -0.39 is 4.92 Å². The van der Waals surface area contributed by atoms with E-state index >= 15 is 0 Å². The Hall–Kier alpha value is -1.96. The molecule has 2 N–H and O–H groups in total. The first kappa shape index (κ1) is 15.1. The molecule has 7 nitrogen and oxygen atoms in total. The number of carbonyl (C=O) groups is 1. The fourth-order valence-corrected chi connectivity index (χ4v) is 2.02. The third-order valence-corrected chi connectivity index (χ3v) is 3.09. The van der Waals surface area contributed by atoms with Crippen LogP contribution in [0.3, 0.4) is 0 Å². The Morgan fingerprint density at radius 2 is 2.37 bits per heavy atom. The highest BCUT2D eigenvalue weighted by molar-refractivity contribution is 7.98. The number of aldehydes is 1. The SMILES string of the molecule is CN/C(=C\[N+](=O)[O-])NCCSCc1ccc(C=O)o1. The third-order valence-electron chi connectivity index (χ3n) is 2.11. The van der Waals surface area contributed by atoms with E-state index in [9.17, 15) is 14.9 Å². The smallest absolute Gasteiger partial charge is 0.274 e. The van der Waals surface area contributed by atoms with Crippen LogP contribution in [0.15, 0.2) is 28.6 Å². The molecule has 1 rings (SSSR count). The van der Waals surface area contributed by atoms with Crippen molar-refractivity contribution < 1.29 is 14.1 Å². The molecule has 1 aromatic heterocycles. The minimum atomic E-state index is -0.518. The predicted octanol–water partition coefficient (Wildman–Crippen LogP) is 1.21. The lowest BCUT2D eigenvalue weighted by molar-refractivity contribution is -0.404. The molecular weight excluding hydrogens is 270 g/mol. The van der Waals surface area contributed by atoms with Crippen molar-refractivity contribution in [1.82, 2.24) is 10.6 Å². The topological polar surface area (TPSA) is 97.4 Å². The van der Waals surface area contributed by atoms with E-state index in [4.69, 9.17) is 4.42 Å². The lowest BCUT2D eigenvalue weighted by Crippen LogP contribution is -2.26. The standard InChI is InChI=1S/C11H15N3O4S/c1-12-11(6-14(16)17)13-4-5-19-8-10-3-2-9(7-15)18-10/h2-3,6-7,12-13H,4-5,8H2,1H3/b11-6+. The average Bonchev–Trinajstić information content (AvgIpc) is 2.84. The molecule has 0 radical (unpaired) electrons. The van der Waals surface area contributed by atoms with Gasteiger partial charge in [-0.1, -0.05) is 0 Å². The maximum atomic E-state index is 10.4. The Morgan fingerprint density at radius 3 is 2.95 bits per heavy atom. The molecule has 0 aliphatic rings. The molecule has 1 heterocycles.